The minimum atomic E-state index is 0.00162. The van der Waals surface area contributed by atoms with E-state index in [0.29, 0.717) is 5.02 Å². The summed E-state index contributed by atoms with van der Waals surface area (Å²) in [6, 6.07) is 7.45. The van der Waals surface area contributed by atoms with Gasteiger partial charge in [-0.25, -0.2) is 0 Å². The number of ether oxygens (including phenoxy) is 2. The highest BCUT2D eigenvalue weighted by molar-refractivity contribution is 6.33. The van der Waals surface area contributed by atoms with E-state index < -0.39 is 0 Å². The zero-order valence-corrected chi connectivity index (χ0v) is 12.4. The molecule has 0 aliphatic carbocycles. The van der Waals surface area contributed by atoms with Crippen LogP contribution in [0.2, 0.25) is 5.02 Å². The number of hydrogen-bond acceptors (Lipinski definition) is 4. The maximum absolute atomic E-state index is 6.13. The van der Waals surface area contributed by atoms with E-state index in [9.17, 15) is 0 Å². The number of pyridine rings is 1. The van der Waals surface area contributed by atoms with Gasteiger partial charge < -0.3 is 14.8 Å². The Hall–Kier alpha value is -1.94. The maximum Gasteiger partial charge on any atom is 0.124 e. The fraction of sp³-hybridized carbons (Fsp3) is 0.267. The second-order valence-electron chi connectivity index (χ2n) is 4.33. The molecule has 1 atom stereocenters. The highest BCUT2D eigenvalue weighted by Crippen LogP contribution is 2.32. The lowest BCUT2D eigenvalue weighted by Crippen LogP contribution is -2.09. The molecule has 2 aromatic rings. The molecule has 0 aliphatic rings. The van der Waals surface area contributed by atoms with Gasteiger partial charge in [0.25, 0.3) is 0 Å². The Morgan fingerprint density at radius 2 is 2.00 bits per heavy atom. The summed E-state index contributed by atoms with van der Waals surface area (Å²) in [5, 5.41) is 3.96. The Balaban J connectivity index is 2.28. The van der Waals surface area contributed by atoms with Crippen LogP contribution in [0.25, 0.3) is 0 Å². The van der Waals surface area contributed by atoms with Gasteiger partial charge in [-0.05, 0) is 31.2 Å². The van der Waals surface area contributed by atoms with Crippen molar-refractivity contribution in [2.24, 2.45) is 0 Å². The number of nitrogens with zero attached hydrogens (tertiary/aromatic N) is 1. The average molecular weight is 293 g/mol. The first-order valence-electron chi connectivity index (χ1n) is 6.23. The molecule has 20 heavy (non-hydrogen) atoms. The van der Waals surface area contributed by atoms with Crippen molar-refractivity contribution in [2.45, 2.75) is 13.0 Å². The van der Waals surface area contributed by atoms with Gasteiger partial charge in [0, 0.05) is 11.8 Å². The van der Waals surface area contributed by atoms with E-state index in [2.05, 4.69) is 10.3 Å². The van der Waals surface area contributed by atoms with Crippen molar-refractivity contribution in [3.05, 3.63) is 47.2 Å². The summed E-state index contributed by atoms with van der Waals surface area (Å²) in [6.07, 6.45) is 3.36. The molecule has 0 saturated heterocycles. The average Bonchev–Trinajstić information content (AvgIpc) is 2.48. The van der Waals surface area contributed by atoms with Crippen molar-refractivity contribution in [2.75, 3.05) is 19.5 Å². The maximum atomic E-state index is 6.13. The zero-order chi connectivity index (χ0) is 14.5. The molecule has 0 aliphatic heterocycles. The molecular formula is C15H17ClN2O2. The molecule has 106 valence electrons. The predicted molar refractivity (Wildman–Crippen MR) is 80.8 cm³/mol. The summed E-state index contributed by atoms with van der Waals surface area (Å²) in [5.41, 5.74) is 1.78. The van der Waals surface area contributed by atoms with E-state index in [1.54, 1.807) is 32.7 Å². The molecule has 1 aromatic carbocycles. The van der Waals surface area contributed by atoms with Gasteiger partial charge in [-0.3, -0.25) is 4.98 Å². The number of anilines is 1. The van der Waals surface area contributed by atoms with Crippen LogP contribution in [-0.4, -0.2) is 19.2 Å². The second-order valence-corrected chi connectivity index (χ2v) is 4.74. The summed E-state index contributed by atoms with van der Waals surface area (Å²) in [4.78, 5) is 4.07. The third kappa shape index (κ3) is 3.14. The lowest BCUT2D eigenvalue weighted by atomic mass is 10.1. The molecule has 4 nitrogen and oxygen atoms in total. The van der Waals surface area contributed by atoms with Crippen molar-refractivity contribution in [1.29, 1.82) is 0 Å². The smallest absolute Gasteiger partial charge is 0.124 e. The number of hydrogen-bond donors (Lipinski definition) is 1. The third-order valence-electron chi connectivity index (χ3n) is 3.04. The summed E-state index contributed by atoms with van der Waals surface area (Å²) in [6.45, 7) is 2.03. The molecule has 1 heterocycles. The van der Waals surface area contributed by atoms with Crippen LogP contribution < -0.4 is 14.8 Å². The van der Waals surface area contributed by atoms with Crippen LogP contribution in [0.3, 0.4) is 0 Å². The molecule has 0 radical (unpaired) electrons. The van der Waals surface area contributed by atoms with Crippen molar-refractivity contribution >= 4 is 17.3 Å². The van der Waals surface area contributed by atoms with E-state index in [1.807, 2.05) is 25.1 Å². The number of benzene rings is 1. The van der Waals surface area contributed by atoms with Crippen LogP contribution in [-0.2, 0) is 0 Å². The van der Waals surface area contributed by atoms with Gasteiger partial charge in [0.2, 0.25) is 0 Å². The van der Waals surface area contributed by atoms with Crippen molar-refractivity contribution in [1.82, 2.24) is 4.98 Å². The van der Waals surface area contributed by atoms with Crippen LogP contribution in [0.5, 0.6) is 11.5 Å². The van der Waals surface area contributed by atoms with Crippen LogP contribution in [0, 0.1) is 0 Å². The van der Waals surface area contributed by atoms with Gasteiger partial charge in [-0.1, -0.05) is 11.6 Å². The summed E-state index contributed by atoms with van der Waals surface area (Å²) < 4.78 is 10.6. The lowest BCUT2D eigenvalue weighted by Gasteiger charge is -2.19. The van der Waals surface area contributed by atoms with E-state index in [4.69, 9.17) is 21.1 Å². The fourth-order valence-electron chi connectivity index (χ4n) is 1.97. The standard InChI is InChI=1S/C15H17ClN2O2/c1-10(18-14-9-17-7-6-13(14)16)12-8-11(19-2)4-5-15(12)20-3/h4-10,18H,1-3H3. The molecule has 5 heteroatoms. The summed E-state index contributed by atoms with van der Waals surface area (Å²) in [7, 11) is 3.29. The number of aromatic nitrogens is 1. The molecule has 1 unspecified atom stereocenters. The van der Waals surface area contributed by atoms with Crippen LogP contribution in [0.4, 0.5) is 5.69 Å². The molecule has 1 N–H and O–H groups in total. The third-order valence-corrected chi connectivity index (χ3v) is 3.37. The first kappa shape index (κ1) is 14.5. The van der Waals surface area contributed by atoms with Gasteiger partial charge in [0.05, 0.1) is 37.2 Å². The van der Waals surface area contributed by atoms with Gasteiger partial charge in [-0.2, -0.15) is 0 Å². The first-order chi connectivity index (χ1) is 9.65. The molecule has 1 aromatic heterocycles. The number of methoxy groups -OCH3 is 2. The van der Waals surface area contributed by atoms with Gasteiger partial charge >= 0.3 is 0 Å². The zero-order valence-electron chi connectivity index (χ0n) is 11.7. The monoisotopic (exact) mass is 292 g/mol. The number of nitrogens with one attached hydrogen (secondary N) is 1. The van der Waals surface area contributed by atoms with Gasteiger partial charge in [-0.15, -0.1) is 0 Å². The molecule has 0 spiro atoms. The van der Waals surface area contributed by atoms with Crippen LogP contribution >= 0.6 is 11.6 Å². The molecular weight excluding hydrogens is 276 g/mol. The Morgan fingerprint density at radius 3 is 2.65 bits per heavy atom. The van der Waals surface area contributed by atoms with Crippen molar-refractivity contribution in [3.63, 3.8) is 0 Å². The quantitative estimate of drug-likeness (QED) is 0.907. The Morgan fingerprint density at radius 1 is 1.20 bits per heavy atom. The highest BCUT2D eigenvalue weighted by Gasteiger charge is 2.14. The van der Waals surface area contributed by atoms with E-state index in [-0.39, 0.29) is 6.04 Å². The number of halogens is 1. The first-order valence-corrected chi connectivity index (χ1v) is 6.61. The predicted octanol–water partition coefficient (Wildman–Crippen LogP) is 3.93. The SMILES string of the molecule is COc1ccc(OC)c(C(C)Nc2cnccc2Cl)c1. The van der Waals surface area contributed by atoms with E-state index in [0.717, 1.165) is 22.7 Å². The topological polar surface area (TPSA) is 43.4 Å². The van der Waals surface area contributed by atoms with E-state index in [1.165, 1.54) is 0 Å². The minimum absolute atomic E-state index is 0.00162. The normalized spacial score (nSPS) is 11.8. The largest absolute Gasteiger partial charge is 0.497 e. The van der Waals surface area contributed by atoms with Gasteiger partial charge in [0.15, 0.2) is 0 Å². The highest BCUT2D eigenvalue weighted by atomic mass is 35.5. The summed E-state index contributed by atoms with van der Waals surface area (Å²) >= 11 is 6.13. The Kier molecular flexibility index (Phi) is 4.69. The number of rotatable bonds is 5. The minimum Gasteiger partial charge on any atom is -0.497 e. The Labute approximate surface area is 123 Å². The Bertz CT molecular complexity index is 590. The molecule has 2 rings (SSSR count). The molecule has 0 saturated carbocycles. The van der Waals surface area contributed by atoms with Gasteiger partial charge in [0.1, 0.15) is 11.5 Å². The van der Waals surface area contributed by atoms with Crippen LogP contribution in [0.15, 0.2) is 36.7 Å². The summed E-state index contributed by atoms with van der Waals surface area (Å²) in [5.74, 6) is 1.58. The van der Waals surface area contributed by atoms with Crippen molar-refractivity contribution in [3.8, 4) is 11.5 Å². The lowest BCUT2D eigenvalue weighted by molar-refractivity contribution is 0.397. The second kappa shape index (κ2) is 6.48. The molecule has 0 amide bonds. The van der Waals surface area contributed by atoms with E-state index >= 15 is 0 Å². The van der Waals surface area contributed by atoms with Crippen molar-refractivity contribution < 1.29 is 9.47 Å². The molecule has 0 bridgehead atoms. The molecule has 0 fully saturated rings. The fourth-order valence-corrected chi connectivity index (χ4v) is 2.13. The van der Waals surface area contributed by atoms with Crippen LogP contribution in [0.1, 0.15) is 18.5 Å².